The molecule has 7 atom stereocenters. The lowest BCUT2D eigenvalue weighted by Crippen LogP contribution is -2.35. The number of ketones is 1. The topological polar surface area (TPSA) is 90.7 Å². The van der Waals surface area contributed by atoms with E-state index in [9.17, 15) is 20.1 Å². The molecule has 0 bridgehead atoms. The van der Waals surface area contributed by atoms with Crippen LogP contribution in [-0.2, 0) is 0 Å². The van der Waals surface area contributed by atoms with Gasteiger partial charge in [-0.2, -0.15) is 0 Å². The van der Waals surface area contributed by atoms with Crippen molar-refractivity contribution in [2.75, 3.05) is 0 Å². The lowest BCUT2D eigenvalue weighted by Gasteiger charge is -2.44. The third kappa shape index (κ3) is 5.01. The summed E-state index contributed by atoms with van der Waals surface area (Å²) in [5.41, 5.74) is 3.10. The van der Waals surface area contributed by atoms with Crippen molar-refractivity contribution in [2.45, 2.75) is 89.9 Å². The predicted octanol–water partition coefficient (Wildman–Crippen LogP) is 5.74. The molecule has 204 valence electrons. The number of hydrogen-bond donors (Lipinski definition) is 3. The monoisotopic (exact) mass is 517 g/mol. The maximum absolute atomic E-state index is 13.1. The fourth-order valence-corrected chi connectivity index (χ4v) is 7.75. The number of carbonyl (C=O) groups excluding carboxylic acids is 1. The second kappa shape index (κ2) is 10.7. The average Bonchev–Trinajstić information content (AvgIpc) is 3.64. The number of aliphatic hydroxyl groups is 3. The molecule has 3 N–H and O–H groups in total. The molecule has 0 unspecified atom stereocenters. The molecule has 0 spiro atoms. The van der Waals surface area contributed by atoms with Crippen LogP contribution in [0.3, 0.4) is 0 Å². The molecule has 1 aromatic heterocycles. The van der Waals surface area contributed by atoms with Crippen LogP contribution in [0.2, 0.25) is 0 Å². The van der Waals surface area contributed by atoms with Crippen molar-refractivity contribution in [3.8, 4) is 0 Å². The highest BCUT2D eigenvalue weighted by atomic mass is 16.3. The molecular formula is C33H43NO4. The maximum Gasteiger partial charge on any atom is 0.190 e. The number of rotatable bonds is 7. The molecule has 4 aliphatic rings. The molecular weight excluding hydrogens is 474 g/mol. The Morgan fingerprint density at radius 2 is 1.95 bits per heavy atom. The van der Waals surface area contributed by atoms with E-state index in [-0.39, 0.29) is 11.2 Å². The minimum atomic E-state index is -0.785. The third-order valence-corrected chi connectivity index (χ3v) is 10.2. The van der Waals surface area contributed by atoms with Crippen LogP contribution in [0.4, 0.5) is 0 Å². The minimum absolute atomic E-state index is 0.0485. The minimum Gasteiger partial charge on any atom is -0.393 e. The summed E-state index contributed by atoms with van der Waals surface area (Å²) < 4.78 is 0. The number of fused-ring (bicyclic) bond motifs is 1. The number of carbonyl (C=O) groups is 1. The second-order valence-corrected chi connectivity index (χ2v) is 12.6. The highest BCUT2D eigenvalue weighted by Gasteiger charge is 2.55. The van der Waals surface area contributed by atoms with Crippen LogP contribution < -0.4 is 0 Å². The largest absolute Gasteiger partial charge is 0.393 e. The van der Waals surface area contributed by atoms with Crippen LogP contribution in [0.25, 0.3) is 0 Å². The van der Waals surface area contributed by atoms with Gasteiger partial charge in [0.2, 0.25) is 0 Å². The molecule has 0 amide bonds. The standard InChI is InChI=1S/C33H43NO4/c1-21(9-14-30(37)33(16-17-33)31(38)28-8-4-5-18-34-28)26-12-13-27-23(7-6-15-32(26,27)3)10-11-24-19-25(35)20-29(36)22(24)2/h4-5,8-11,14,18,21,25-27,29-30,35-37H,2,6-7,12-13,15-17,19-20H2,1,3H3/t21-,25-,26-,27+,29+,30-,32-/m1/s1. The van der Waals surface area contributed by atoms with E-state index < -0.39 is 23.7 Å². The van der Waals surface area contributed by atoms with E-state index in [0.29, 0.717) is 49.1 Å². The number of pyridine rings is 1. The van der Waals surface area contributed by atoms with Gasteiger partial charge in [0.05, 0.1) is 23.7 Å². The quantitative estimate of drug-likeness (QED) is 0.317. The zero-order chi connectivity index (χ0) is 27.1. The van der Waals surface area contributed by atoms with E-state index in [0.717, 1.165) is 36.8 Å². The van der Waals surface area contributed by atoms with Gasteiger partial charge in [-0.25, -0.2) is 0 Å². The van der Waals surface area contributed by atoms with Crippen molar-refractivity contribution in [2.24, 2.45) is 28.6 Å². The summed E-state index contributed by atoms with van der Waals surface area (Å²) in [6.45, 7) is 8.76. The Labute approximate surface area is 227 Å². The molecule has 4 aliphatic carbocycles. The Morgan fingerprint density at radius 1 is 1.16 bits per heavy atom. The maximum atomic E-state index is 13.1. The fourth-order valence-electron chi connectivity index (χ4n) is 7.75. The van der Waals surface area contributed by atoms with Gasteiger partial charge in [-0.05, 0) is 97.8 Å². The second-order valence-electron chi connectivity index (χ2n) is 12.6. The van der Waals surface area contributed by atoms with E-state index in [1.165, 1.54) is 12.0 Å². The molecule has 0 aromatic carbocycles. The molecule has 38 heavy (non-hydrogen) atoms. The molecule has 1 aromatic rings. The van der Waals surface area contributed by atoms with E-state index in [4.69, 9.17) is 0 Å². The summed E-state index contributed by atoms with van der Waals surface area (Å²) in [5.74, 6) is 1.29. The van der Waals surface area contributed by atoms with Gasteiger partial charge in [0.15, 0.2) is 5.78 Å². The van der Waals surface area contributed by atoms with Gasteiger partial charge in [0.25, 0.3) is 0 Å². The zero-order valence-corrected chi connectivity index (χ0v) is 22.9. The Balaban J connectivity index is 1.28. The lowest BCUT2D eigenvalue weighted by atomic mass is 9.61. The van der Waals surface area contributed by atoms with Crippen molar-refractivity contribution in [1.82, 2.24) is 4.98 Å². The number of allylic oxidation sites excluding steroid dienone is 4. The number of Topliss-reactive ketones (excluding diaryl/α,β-unsaturated/α-hetero) is 1. The molecule has 4 saturated carbocycles. The highest BCUT2D eigenvalue weighted by molar-refractivity contribution is 6.01. The number of aromatic nitrogens is 1. The Hall–Kier alpha value is -2.34. The first-order chi connectivity index (χ1) is 18.2. The van der Waals surface area contributed by atoms with Crippen molar-refractivity contribution in [3.05, 3.63) is 77.7 Å². The first-order valence-corrected chi connectivity index (χ1v) is 14.4. The average molecular weight is 518 g/mol. The third-order valence-electron chi connectivity index (χ3n) is 10.2. The summed E-state index contributed by atoms with van der Waals surface area (Å²) in [6, 6.07) is 5.35. The predicted molar refractivity (Wildman–Crippen MR) is 149 cm³/mol. The van der Waals surface area contributed by atoms with Crippen LogP contribution in [0.15, 0.2) is 72.0 Å². The Kier molecular flexibility index (Phi) is 7.65. The van der Waals surface area contributed by atoms with Crippen LogP contribution in [0.5, 0.6) is 0 Å². The van der Waals surface area contributed by atoms with Gasteiger partial charge in [-0.15, -0.1) is 0 Å². The van der Waals surface area contributed by atoms with Gasteiger partial charge >= 0.3 is 0 Å². The summed E-state index contributed by atoms with van der Waals surface area (Å²) in [4.78, 5) is 17.3. The molecule has 0 saturated heterocycles. The molecule has 5 rings (SSSR count). The lowest BCUT2D eigenvalue weighted by molar-refractivity contribution is 0.0720. The van der Waals surface area contributed by atoms with Crippen LogP contribution in [-0.4, -0.2) is 44.4 Å². The van der Waals surface area contributed by atoms with Crippen molar-refractivity contribution < 1.29 is 20.1 Å². The van der Waals surface area contributed by atoms with Gasteiger partial charge in [-0.3, -0.25) is 9.78 Å². The van der Waals surface area contributed by atoms with E-state index in [1.54, 1.807) is 18.3 Å². The smallest absolute Gasteiger partial charge is 0.190 e. The molecule has 5 heteroatoms. The van der Waals surface area contributed by atoms with Gasteiger partial charge in [0, 0.05) is 12.6 Å². The zero-order valence-electron chi connectivity index (χ0n) is 22.9. The summed E-state index contributed by atoms with van der Waals surface area (Å²) in [6.07, 6.45) is 16.1. The summed E-state index contributed by atoms with van der Waals surface area (Å²) in [5, 5.41) is 31.4. The molecule has 4 fully saturated rings. The van der Waals surface area contributed by atoms with E-state index in [1.807, 2.05) is 12.1 Å². The number of nitrogens with zero attached hydrogens (tertiary/aromatic N) is 1. The molecule has 5 nitrogen and oxygen atoms in total. The van der Waals surface area contributed by atoms with Gasteiger partial charge in [0.1, 0.15) is 5.69 Å². The van der Waals surface area contributed by atoms with Gasteiger partial charge in [-0.1, -0.05) is 56.4 Å². The Bertz CT molecular complexity index is 1150. The van der Waals surface area contributed by atoms with E-state index >= 15 is 0 Å². The van der Waals surface area contributed by atoms with Gasteiger partial charge < -0.3 is 15.3 Å². The molecule has 1 heterocycles. The first kappa shape index (κ1) is 27.2. The summed E-state index contributed by atoms with van der Waals surface area (Å²) >= 11 is 0. The van der Waals surface area contributed by atoms with Crippen LogP contribution in [0, 0.1) is 28.6 Å². The van der Waals surface area contributed by atoms with Crippen molar-refractivity contribution in [1.29, 1.82) is 0 Å². The Morgan fingerprint density at radius 3 is 2.66 bits per heavy atom. The highest BCUT2D eigenvalue weighted by Crippen LogP contribution is 2.60. The van der Waals surface area contributed by atoms with Crippen molar-refractivity contribution in [3.63, 3.8) is 0 Å². The number of aliphatic hydroxyl groups excluding tert-OH is 3. The van der Waals surface area contributed by atoms with Crippen LogP contribution >= 0.6 is 0 Å². The molecule has 0 aliphatic heterocycles. The summed E-state index contributed by atoms with van der Waals surface area (Å²) in [7, 11) is 0. The van der Waals surface area contributed by atoms with Crippen LogP contribution in [0.1, 0.15) is 82.1 Å². The normalized spacial score (nSPS) is 36.4. The molecule has 0 radical (unpaired) electrons. The fraction of sp³-hybridized carbons (Fsp3) is 0.576. The van der Waals surface area contributed by atoms with E-state index in [2.05, 4.69) is 43.6 Å². The first-order valence-electron chi connectivity index (χ1n) is 14.4. The number of hydrogen-bond acceptors (Lipinski definition) is 5. The van der Waals surface area contributed by atoms with Crippen molar-refractivity contribution >= 4 is 5.78 Å². The SMILES string of the molecule is C=C1C(=CC=C2CCC[C@]3(C)[C@@H]([C@H](C)C=C[C@@H](O)C4(C(=O)c5ccccn5)CC4)CC[C@@H]23)C[C@@H](O)C[C@@H]1O.